The monoisotopic (exact) mass is 312 g/mol. The zero-order valence-corrected chi connectivity index (χ0v) is 13.0. The number of carbonyl (C=O) groups is 1. The van der Waals surface area contributed by atoms with E-state index in [9.17, 15) is 13.2 Å². The molecular weight excluding hydrogens is 292 g/mol. The smallest absolute Gasteiger partial charge is 0.324 e. The minimum atomic E-state index is -3.72. The SMILES string of the molecule is COC(=O)C1CCCN1S(=O)(=O)c1cccc(C(C)N)c1. The average molecular weight is 312 g/mol. The van der Waals surface area contributed by atoms with Crippen LogP contribution in [0.4, 0.5) is 0 Å². The summed E-state index contributed by atoms with van der Waals surface area (Å²) < 4.78 is 31.3. The number of rotatable bonds is 4. The summed E-state index contributed by atoms with van der Waals surface area (Å²) in [6.07, 6.45) is 1.13. The Balaban J connectivity index is 2.37. The van der Waals surface area contributed by atoms with Crippen LogP contribution in [-0.4, -0.2) is 38.4 Å². The van der Waals surface area contributed by atoms with E-state index in [2.05, 4.69) is 0 Å². The molecule has 0 amide bonds. The maximum atomic E-state index is 12.7. The molecule has 116 valence electrons. The summed E-state index contributed by atoms with van der Waals surface area (Å²) in [5.74, 6) is -0.514. The van der Waals surface area contributed by atoms with Crippen molar-refractivity contribution in [3.05, 3.63) is 29.8 Å². The van der Waals surface area contributed by atoms with Crippen LogP contribution < -0.4 is 5.73 Å². The van der Waals surface area contributed by atoms with Crippen molar-refractivity contribution in [3.8, 4) is 0 Å². The van der Waals surface area contributed by atoms with Crippen molar-refractivity contribution < 1.29 is 17.9 Å². The fraction of sp³-hybridized carbons (Fsp3) is 0.500. The first-order valence-electron chi connectivity index (χ1n) is 6.83. The third kappa shape index (κ3) is 3.09. The van der Waals surface area contributed by atoms with Gasteiger partial charge in [-0.3, -0.25) is 4.79 Å². The van der Waals surface area contributed by atoms with Crippen LogP contribution in [0.3, 0.4) is 0 Å². The highest BCUT2D eigenvalue weighted by atomic mass is 32.2. The van der Waals surface area contributed by atoms with Crippen molar-refractivity contribution in [2.24, 2.45) is 5.73 Å². The summed E-state index contributed by atoms with van der Waals surface area (Å²) >= 11 is 0. The number of hydrogen-bond acceptors (Lipinski definition) is 5. The molecule has 7 heteroatoms. The first-order chi connectivity index (χ1) is 9.87. The van der Waals surface area contributed by atoms with Gasteiger partial charge in [0, 0.05) is 12.6 Å². The van der Waals surface area contributed by atoms with Crippen LogP contribution in [0.1, 0.15) is 31.4 Å². The fourth-order valence-electron chi connectivity index (χ4n) is 2.49. The molecule has 1 aromatic rings. The summed E-state index contributed by atoms with van der Waals surface area (Å²) in [6.45, 7) is 2.11. The van der Waals surface area contributed by atoms with Crippen molar-refractivity contribution >= 4 is 16.0 Å². The summed E-state index contributed by atoms with van der Waals surface area (Å²) in [6, 6.07) is 5.54. The van der Waals surface area contributed by atoms with Gasteiger partial charge in [0.15, 0.2) is 0 Å². The second kappa shape index (κ2) is 6.13. The molecule has 0 saturated carbocycles. The highest BCUT2D eigenvalue weighted by Crippen LogP contribution is 2.27. The molecule has 2 unspecified atom stereocenters. The van der Waals surface area contributed by atoms with Gasteiger partial charge in [0.05, 0.1) is 12.0 Å². The Kier molecular flexibility index (Phi) is 4.65. The van der Waals surface area contributed by atoms with Gasteiger partial charge >= 0.3 is 5.97 Å². The van der Waals surface area contributed by atoms with Gasteiger partial charge in [0.1, 0.15) is 6.04 Å². The molecular formula is C14H20N2O4S. The van der Waals surface area contributed by atoms with E-state index in [1.165, 1.54) is 17.5 Å². The van der Waals surface area contributed by atoms with Crippen molar-refractivity contribution in [2.45, 2.75) is 36.7 Å². The molecule has 1 aliphatic heterocycles. The van der Waals surface area contributed by atoms with E-state index < -0.39 is 22.0 Å². The summed E-state index contributed by atoms with van der Waals surface area (Å²) in [5, 5.41) is 0. The number of benzene rings is 1. The Morgan fingerprint density at radius 3 is 2.81 bits per heavy atom. The summed E-state index contributed by atoms with van der Waals surface area (Å²) in [5.41, 5.74) is 6.53. The quantitative estimate of drug-likeness (QED) is 0.839. The molecule has 21 heavy (non-hydrogen) atoms. The van der Waals surface area contributed by atoms with Gasteiger partial charge in [-0.2, -0.15) is 4.31 Å². The Bertz CT molecular complexity index is 628. The summed E-state index contributed by atoms with van der Waals surface area (Å²) in [7, 11) is -2.46. The Hall–Kier alpha value is -1.44. The second-order valence-corrected chi connectivity index (χ2v) is 7.05. The van der Waals surface area contributed by atoms with Crippen LogP contribution in [0.25, 0.3) is 0 Å². The van der Waals surface area contributed by atoms with E-state index in [4.69, 9.17) is 10.5 Å². The zero-order chi connectivity index (χ0) is 15.6. The van der Waals surface area contributed by atoms with E-state index in [0.29, 0.717) is 19.4 Å². The molecule has 1 saturated heterocycles. The largest absolute Gasteiger partial charge is 0.468 e. The van der Waals surface area contributed by atoms with E-state index >= 15 is 0 Å². The molecule has 0 spiro atoms. The van der Waals surface area contributed by atoms with Crippen molar-refractivity contribution in [2.75, 3.05) is 13.7 Å². The van der Waals surface area contributed by atoms with Gasteiger partial charge in [-0.1, -0.05) is 12.1 Å². The molecule has 1 aromatic carbocycles. The molecule has 0 bridgehead atoms. The number of methoxy groups -OCH3 is 1. The van der Waals surface area contributed by atoms with E-state index in [1.54, 1.807) is 25.1 Å². The third-order valence-electron chi connectivity index (χ3n) is 3.67. The highest BCUT2D eigenvalue weighted by molar-refractivity contribution is 7.89. The molecule has 0 radical (unpaired) electrons. The highest BCUT2D eigenvalue weighted by Gasteiger charge is 2.40. The first kappa shape index (κ1) is 15.9. The maximum absolute atomic E-state index is 12.7. The van der Waals surface area contributed by atoms with Gasteiger partial charge in [-0.15, -0.1) is 0 Å². The molecule has 0 aliphatic carbocycles. The van der Waals surface area contributed by atoms with E-state index in [1.807, 2.05) is 0 Å². The maximum Gasteiger partial charge on any atom is 0.324 e. The molecule has 6 nitrogen and oxygen atoms in total. The molecule has 1 heterocycles. The predicted molar refractivity (Wildman–Crippen MR) is 78.0 cm³/mol. The summed E-state index contributed by atoms with van der Waals surface area (Å²) in [4.78, 5) is 11.9. The molecule has 1 fully saturated rings. The lowest BCUT2D eigenvalue weighted by molar-refractivity contribution is -0.144. The third-order valence-corrected chi connectivity index (χ3v) is 5.57. The topological polar surface area (TPSA) is 89.7 Å². The minimum absolute atomic E-state index is 0.160. The molecule has 1 aliphatic rings. The zero-order valence-electron chi connectivity index (χ0n) is 12.2. The average Bonchev–Trinajstić information content (AvgIpc) is 2.96. The molecule has 0 aromatic heterocycles. The van der Waals surface area contributed by atoms with Gasteiger partial charge in [0.2, 0.25) is 10.0 Å². The minimum Gasteiger partial charge on any atom is -0.468 e. The first-order valence-corrected chi connectivity index (χ1v) is 8.27. The number of sulfonamides is 1. The number of nitrogens with two attached hydrogens (primary N) is 1. The lowest BCUT2D eigenvalue weighted by Crippen LogP contribution is -2.41. The normalized spacial score (nSPS) is 21.2. The molecule has 2 N–H and O–H groups in total. The fourth-order valence-corrected chi connectivity index (χ4v) is 4.20. The van der Waals surface area contributed by atoms with Gasteiger partial charge in [-0.05, 0) is 37.5 Å². The second-order valence-electron chi connectivity index (χ2n) is 5.16. The lowest BCUT2D eigenvalue weighted by atomic mass is 10.1. The van der Waals surface area contributed by atoms with Crippen LogP contribution in [0.5, 0.6) is 0 Å². The number of hydrogen-bond donors (Lipinski definition) is 1. The Morgan fingerprint density at radius 2 is 2.19 bits per heavy atom. The van der Waals surface area contributed by atoms with Gasteiger partial charge in [-0.25, -0.2) is 8.42 Å². The van der Waals surface area contributed by atoms with Crippen LogP contribution in [-0.2, 0) is 19.6 Å². The molecule has 2 atom stereocenters. The van der Waals surface area contributed by atoms with Crippen molar-refractivity contribution in [1.82, 2.24) is 4.31 Å². The van der Waals surface area contributed by atoms with Crippen LogP contribution >= 0.6 is 0 Å². The lowest BCUT2D eigenvalue weighted by Gasteiger charge is -2.22. The number of ether oxygens (including phenoxy) is 1. The number of esters is 1. The van der Waals surface area contributed by atoms with E-state index in [-0.39, 0.29) is 10.9 Å². The standard InChI is InChI=1S/C14H20N2O4S/c1-10(15)11-5-3-6-12(9-11)21(18,19)16-8-4-7-13(16)14(17)20-2/h3,5-6,9-10,13H,4,7-8,15H2,1-2H3. The number of nitrogens with zero attached hydrogens (tertiary/aromatic N) is 1. The van der Waals surface area contributed by atoms with Gasteiger partial charge < -0.3 is 10.5 Å². The predicted octanol–water partition coefficient (Wildman–Crippen LogP) is 1.03. The van der Waals surface area contributed by atoms with E-state index in [0.717, 1.165) is 5.56 Å². The van der Waals surface area contributed by atoms with Crippen molar-refractivity contribution in [3.63, 3.8) is 0 Å². The van der Waals surface area contributed by atoms with Crippen LogP contribution in [0.2, 0.25) is 0 Å². The van der Waals surface area contributed by atoms with Crippen LogP contribution in [0.15, 0.2) is 29.2 Å². The van der Waals surface area contributed by atoms with Gasteiger partial charge in [0.25, 0.3) is 0 Å². The Labute approximate surface area is 124 Å². The number of carbonyl (C=O) groups excluding carboxylic acids is 1. The Morgan fingerprint density at radius 1 is 1.48 bits per heavy atom. The van der Waals surface area contributed by atoms with Crippen LogP contribution in [0, 0.1) is 0 Å². The molecule has 2 rings (SSSR count). The van der Waals surface area contributed by atoms with Crippen molar-refractivity contribution in [1.29, 1.82) is 0 Å².